The fourth-order valence-electron chi connectivity index (χ4n) is 1.06. The van der Waals surface area contributed by atoms with Crippen molar-refractivity contribution in [3.05, 3.63) is 17.7 Å². The van der Waals surface area contributed by atoms with Crippen LogP contribution in [-0.2, 0) is 11.8 Å². The van der Waals surface area contributed by atoms with Crippen molar-refractivity contribution in [2.45, 2.75) is 11.8 Å². The highest BCUT2D eigenvalue weighted by atomic mass is 35.7. The molecule has 6 heteroatoms. The molecule has 0 aliphatic rings. The molecule has 0 radical (unpaired) electrons. The van der Waals surface area contributed by atoms with Gasteiger partial charge in [0.1, 0.15) is 0 Å². The Morgan fingerprint density at radius 1 is 1.79 bits per heavy atom. The average molecular weight is 238 g/mol. The van der Waals surface area contributed by atoms with Crippen LogP contribution in [0.1, 0.15) is 17.4 Å². The van der Waals surface area contributed by atoms with Crippen molar-refractivity contribution in [1.82, 2.24) is 4.57 Å². The first-order valence-corrected chi connectivity index (χ1v) is 5.56. The molecule has 1 aromatic rings. The van der Waals surface area contributed by atoms with Crippen molar-refractivity contribution >= 4 is 27.6 Å². The Bertz CT molecular complexity index is 353. The number of hydrogen-bond donors (Lipinski definition) is 0. The SMILES string of the molecule is CCOC(=O)c1c(F)c(SCl)cn1C. The Morgan fingerprint density at radius 2 is 2.43 bits per heavy atom. The van der Waals surface area contributed by atoms with Gasteiger partial charge >= 0.3 is 5.97 Å². The maximum Gasteiger partial charge on any atom is 0.358 e. The molecule has 78 valence electrons. The molecule has 0 spiro atoms. The molecule has 0 aliphatic heterocycles. The summed E-state index contributed by atoms with van der Waals surface area (Å²) in [6, 6.07) is 0. The van der Waals surface area contributed by atoms with Gasteiger partial charge < -0.3 is 9.30 Å². The monoisotopic (exact) mass is 237 g/mol. The van der Waals surface area contributed by atoms with Gasteiger partial charge in [0.05, 0.1) is 11.5 Å². The first-order chi connectivity index (χ1) is 6.61. The molecule has 0 aromatic carbocycles. The molecule has 1 heterocycles. The zero-order valence-electron chi connectivity index (χ0n) is 7.71. The topological polar surface area (TPSA) is 31.2 Å². The molecule has 0 atom stereocenters. The van der Waals surface area contributed by atoms with Gasteiger partial charge in [0, 0.05) is 13.2 Å². The summed E-state index contributed by atoms with van der Waals surface area (Å²) in [6.07, 6.45) is 1.44. The van der Waals surface area contributed by atoms with E-state index in [0.29, 0.717) is 0 Å². The van der Waals surface area contributed by atoms with Gasteiger partial charge in [-0.1, -0.05) is 0 Å². The van der Waals surface area contributed by atoms with Crippen LogP contribution in [0.25, 0.3) is 0 Å². The van der Waals surface area contributed by atoms with Crippen molar-refractivity contribution in [3.63, 3.8) is 0 Å². The summed E-state index contributed by atoms with van der Waals surface area (Å²) in [4.78, 5) is 11.5. The van der Waals surface area contributed by atoms with Gasteiger partial charge in [-0.05, 0) is 28.6 Å². The lowest BCUT2D eigenvalue weighted by Crippen LogP contribution is -2.11. The maximum atomic E-state index is 13.4. The predicted octanol–water partition coefficient (Wildman–Crippen LogP) is 2.59. The molecule has 1 aromatic heterocycles. The summed E-state index contributed by atoms with van der Waals surface area (Å²) in [5.74, 6) is -1.31. The highest BCUT2D eigenvalue weighted by molar-refractivity contribution is 8.21. The lowest BCUT2D eigenvalue weighted by Gasteiger charge is -2.02. The van der Waals surface area contributed by atoms with Crippen LogP contribution in [0, 0.1) is 5.82 Å². The molecule has 0 N–H and O–H groups in total. The molecule has 0 amide bonds. The minimum Gasteiger partial charge on any atom is -0.461 e. The second-order valence-electron chi connectivity index (χ2n) is 2.56. The van der Waals surface area contributed by atoms with Crippen molar-refractivity contribution in [3.8, 4) is 0 Å². The Hall–Kier alpha value is -0.680. The van der Waals surface area contributed by atoms with E-state index in [-0.39, 0.29) is 17.2 Å². The molecule has 0 unspecified atom stereocenters. The average Bonchev–Trinajstić information content (AvgIpc) is 2.41. The van der Waals surface area contributed by atoms with E-state index in [2.05, 4.69) is 0 Å². The highest BCUT2D eigenvalue weighted by Gasteiger charge is 2.21. The number of halogens is 2. The van der Waals surface area contributed by atoms with Gasteiger partial charge in [-0.15, -0.1) is 0 Å². The van der Waals surface area contributed by atoms with Crippen LogP contribution >= 0.6 is 21.7 Å². The number of nitrogens with zero attached hydrogens (tertiary/aromatic N) is 1. The number of aryl methyl sites for hydroxylation is 1. The van der Waals surface area contributed by atoms with Gasteiger partial charge in [0.2, 0.25) is 0 Å². The third-order valence-corrected chi connectivity index (χ3v) is 2.59. The zero-order chi connectivity index (χ0) is 10.7. The van der Waals surface area contributed by atoms with Gasteiger partial charge in [-0.2, -0.15) is 0 Å². The minimum absolute atomic E-state index is 0.102. The van der Waals surface area contributed by atoms with Crippen molar-refractivity contribution in [2.75, 3.05) is 6.61 Å². The third kappa shape index (κ3) is 2.04. The highest BCUT2D eigenvalue weighted by Crippen LogP contribution is 2.28. The lowest BCUT2D eigenvalue weighted by atomic mass is 10.4. The Balaban J connectivity index is 3.07. The van der Waals surface area contributed by atoms with Crippen molar-refractivity contribution < 1.29 is 13.9 Å². The van der Waals surface area contributed by atoms with Crippen LogP contribution in [0.3, 0.4) is 0 Å². The van der Waals surface area contributed by atoms with Crippen LogP contribution in [0.2, 0.25) is 0 Å². The Kier molecular flexibility index (Phi) is 3.83. The lowest BCUT2D eigenvalue weighted by molar-refractivity contribution is 0.0509. The van der Waals surface area contributed by atoms with E-state index in [0.717, 1.165) is 11.0 Å². The number of hydrogen-bond acceptors (Lipinski definition) is 3. The summed E-state index contributed by atoms with van der Waals surface area (Å²) >= 11 is 0. The molecule has 0 aliphatic carbocycles. The maximum absolute atomic E-state index is 13.4. The number of carbonyl (C=O) groups is 1. The molecule has 0 fully saturated rings. The number of ether oxygens (including phenoxy) is 1. The molecular weight excluding hydrogens is 229 g/mol. The summed E-state index contributed by atoms with van der Waals surface area (Å²) in [6.45, 7) is 1.88. The van der Waals surface area contributed by atoms with Crippen LogP contribution in [0.15, 0.2) is 11.1 Å². The van der Waals surface area contributed by atoms with E-state index in [4.69, 9.17) is 15.4 Å². The largest absolute Gasteiger partial charge is 0.461 e. The van der Waals surface area contributed by atoms with Gasteiger partial charge in [-0.3, -0.25) is 0 Å². The second-order valence-corrected chi connectivity index (χ2v) is 3.62. The van der Waals surface area contributed by atoms with E-state index in [1.165, 1.54) is 10.8 Å². The first-order valence-electron chi connectivity index (χ1n) is 3.92. The number of aromatic nitrogens is 1. The molecular formula is C8H9ClFNO2S. The number of esters is 1. The van der Waals surface area contributed by atoms with Gasteiger partial charge in [0.15, 0.2) is 11.5 Å². The molecule has 0 bridgehead atoms. The molecule has 14 heavy (non-hydrogen) atoms. The first kappa shape index (κ1) is 11.4. The van der Waals surface area contributed by atoms with Crippen LogP contribution in [-0.4, -0.2) is 17.1 Å². The smallest absolute Gasteiger partial charge is 0.358 e. The fraction of sp³-hybridized carbons (Fsp3) is 0.375. The van der Waals surface area contributed by atoms with Crippen molar-refractivity contribution in [1.29, 1.82) is 0 Å². The molecule has 1 rings (SSSR count). The summed E-state index contributed by atoms with van der Waals surface area (Å²) in [5.41, 5.74) is -0.102. The summed E-state index contributed by atoms with van der Waals surface area (Å²) < 4.78 is 19.5. The quantitative estimate of drug-likeness (QED) is 0.758. The van der Waals surface area contributed by atoms with Crippen LogP contribution < -0.4 is 0 Å². The normalized spacial score (nSPS) is 10.3. The van der Waals surface area contributed by atoms with E-state index < -0.39 is 11.8 Å². The fourth-order valence-corrected chi connectivity index (χ4v) is 1.74. The van der Waals surface area contributed by atoms with Crippen LogP contribution in [0.4, 0.5) is 4.39 Å². The zero-order valence-corrected chi connectivity index (χ0v) is 9.28. The van der Waals surface area contributed by atoms with Gasteiger partial charge in [-0.25, -0.2) is 9.18 Å². The third-order valence-electron chi connectivity index (χ3n) is 1.64. The van der Waals surface area contributed by atoms with E-state index in [9.17, 15) is 9.18 Å². The van der Waals surface area contributed by atoms with Crippen molar-refractivity contribution in [2.24, 2.45) is 7.05 Å². The summed E-state index contributed by atoms with van der Waals surface area (Å²) in [7, 11) is 7.71. The minimum atomic E-state index is -0.676. The second kappa shape index (κ2) is 4.70. The summed E-state index contributed by atoms with van der Waals surface area (Å²) in [5, 5.41) is 0. The van der Waals surface area contributed by atoms with E-state index in [1.54, 1.807) is 14.0 Å². The molecule has 0 saturated carbocycles. The van der Waals surface area contributed by atoms with E-state index >= 15 is 0 Å². The molecule has 3 nitrogen and oxygen atoms in total. The molecule has 0 saturated heterocycles. The standard InChI is InChI=1S/C8H9ClFNO2S/c1-3-13-8(12)7-6(10)5(14-9)4-11(7)2/h4H,3H2,1-2H3. The Morgan fingerprint density at radius 3 is 2.86 bits per heavy atom. The Labute approximate surface area is 89.7 Å². The predicted molar refractivity (Wildman–Crippen MR) is 53.0 cm³/mol. The van der Waals surface area contributed by atoms with E-state index in [1.807, 2.05) is 0 Å². The van der Waals surface area contributed by atoms with Gasteiger partial charge in [0.25, 0.3) is 0 Å². The van der Waals surface area contributed by atoms with Crippen LogP contribution in [0.5, 0.6) is 0 Å². The number of carbonyl (C=O) groups excluding carboxylic acids is 1. The number of rotatable bonds is 3.